The lowest BCUT2D eigenvalue weighted by Gasteiger charge is -2.17. The van der Waals surface area contributed by atoms with Gasteiger partial charge in [0, 0.05) is 11.9 Å². The number of benzene rings is 2. The zero-order valence-electron chi connectivity index (χ0n) is 27.2. The van der Waals surface area contributed by atoms with Gasteiger partial charge in [-0.15, -0.1) is 0 Å². The number of hydrogen-bond donors (Lipinski definition) is 1. The summed E-state index contributed by atoms with van der Waals surface area (Å²) in [4.78, 5) is 22.4. The number of carboxylic acid groups (broad SMARTS) is 1. The molecule has 0 spiro atoms. The molecule has 2 aromatic carbocycles. The number of hydrogen-bond acceptors (Lipinski definition) is 8. The van der Waals surface area contributed by atoms with Crippen LogP contribution in [0.3, 0.4) is 0 Å². The number of methoxy groups -OCH3 is 3. The predicted octanol–water partition coefficient (Wildman–Crippen LogP) is 6.82. The molecule has 0 aliphatic carbocycles. The van der Waals surface area contributed by atoms with Gasteiger partial charge in [-0.1, -0.05) is 89.7 Å². The summed E-state index contributed by atoms with van der Waals surface area (Å²) < 4.78 is 21.1. The van der Waals surface area contributed by atoms with Crippen LogP contribution in [0.2, 0.25) is 0 Å². The zero-order chi connectivity index (χ0) is 32.2. The zero-order valence-corrected chi connectivity index (χ0v) is 27.2. The van der Waals surface area contributed by atoms with E-state index < -0.39 is 5.97 Å². The minimum absolute atomic E-state index is 0.0652. The van der Waals surface area contributed by atoms with Gasteiger partial charge in [0.05, 0.1) is 33.9 Å². The van der Waals surface area contributed by atoms with Crippen LogP contribution in [0.1, 0.15) is 102 Å². The number of unbranched alkanes of at least 4 members (excludes halogenated alkanes) is 11. The molecule has 246 valence electrons. The Morgan fingerprint density at radius 1 is 0.773 bits per heavy atom. The van der Waals surface area contributed by atoms with Crippen molar-refractivity contribution in [2.24, 2.45) is 11.8 Å². The van der Waals surface area contributed by atoms with Crippen molar-refractivity contribution < 1.29 is 38.7 Å². The highest BCUT2D eigenvalue weighted by Crippen LogP contribution is 2.34. The molecule has 0 bridgehead atoms. The summed E-state index contributed by atoms with van der Waals surface area (Å²) in [5.41, 5.74) is 1.98. The summed E-state index contributed by atoms with van der Waals surface area (Å²) in [6.07, 6.45) is 16.7. The van der Waals surface area contributed by atoms with Crippen molar-refractivity contribution in [3.63, 3.8) is 0 Å². The molecule has 2 aromatic rings. The summed E-state index contributed by atoms with van der Waals surface area (Å²) in [5.74, 6) is 0.549. The lowest BCUT2D eigenvalue weighted by Crippen LogP contribution is -2.21. The molecule has 1 aliphatic heterocycles. The molecule has 0 radical (unpaired) electrons. The van der Waals surface area contributed by atoms with E-state index in [4.69, 9.17) is 18.9 Å². The topological polar surface area (TPSA) is 114 Å². The van der Waals surface area contributed by atoms with Gasteiger partial charge in [-0.3, -0.25) is 4.79 Å². The van der Waals surface area contributed by atoms with Crippen LogP contribution in [0, 0.1) is 11.8 Å². The fourth-order valence-electron chi connectivity index (χ4n) is 5.58. The van der Waals surface area contributed by atoms with Crippen LogP contribution in [0.5, 0.6) is 23.0 Å². The van der Waals surface area contributed by atoms with Crippen molar-refractivity contribution in [2.75, 3.05) is 27.9 Å². The Kier molecular flexibility index (Phi) is 17.8. The number of aliphatic carboxylic acids is 1. The van der Waals surface area contributed by atoms with Gasteiger partial charge in [0.2, 0.25) is 0 Å². The lowest BCUT2D eigenvalue weighted by atomic mass is 9.85. The van der Waals surface area contributed by atoms with Crippen LogP contribution >= 0.6 is 0 Å². The summed E-state index contributed by atoms with van der Waals surface area (Å²) in [5, 5.41) is 19.9. The van der Waals surface area contributed by atoms with Crippen molar-refractivity contribution in [3.05, 3.63) is 47.5 Å². The van der Waals surface area contributed by atoms with Crippen molar-refractivity contribution >= 4 is 11.9 Å². The van der Waals surface area contributed by atoms with Crippen LogP contribution in [0.4, 0.5) is 0 Å². The maximum absolute atomic E-state index is 12.3. The molecule has 1 aliphatic rings. The monoisotopic (exact) mass is 613 g/mol. The summed E-state index contributed by atoms with van der Waals surface area (Å²) in [6, 6.07) is 10.9. The maximum Gasteiger partial charge on any atom is 0.309 e. The number of ether oxygens (including phenoxy) is 4. The fraction of sp³-hybridized carbons (Fsp3) is 0.611. The third-order valence-corrected chi connectivity index (χ3v) is 8.19. The summed E-state index contributed by atoms with van der Waals surface area (Å²) in [7, 11) is 4.70. The van der Waals surface area contributed by atoms with Gasteiger partial charge >= 0.3 is 5.97 Å². The van der Waals surface area contributed by atoms with Gasteiger partial charge in [0.15, 0.2) is 23.0 Å². The number of carbonyl (C=O) groups is 2. The first-order chi connectivity index (χ1) is 21.3. The molecule has 1 N–H and O–H groups in total. The van der Waals surface area contributed by atoms with E-state index in [1.807, 2.05) is 18.2 Å². The van der Waals surface area contributed by atoms with Gasteiger partial charge in [-0.25, -0.2) is 0 Å². The molecule has 0 aromatic heterocycles. The highest BCUT2D eigenvalue weighted by molar-refractivity contribution is 5.75. The quantitative estimate of drug-likeness (QED) is 0.128. The van der Waals surface area contributed by atoms with Crippen molar-refractivity contribution in [3.8, 4) is 23.0 Å². The van der Waals surface area contributed by atoms with Gasteiger partial charge in [0.1, 0.15) is 0 Å². The Bertz CT molecular complexity index is 1120. The second kappa shape index (κ2) is 21.3. The van der Waals surface area contributed by atoms with Crippen LogP contribution in [-0.2, 0) is 27.2 Å². The molecular weight excluding hydrogens is 560 g/mol. The average molecular weight is 614 g/mol. The molecule has 1 saturated heterocycles. The molecule has 3 rings (SSSR count). The number of aromatic hydroxyl groups is 1. The molecule has 0 saturated carbocycles. The van der Waals surface area contributed by atoms with Crippen LogP contribution in [0.25, 0.3) is 0 Å². The Morgan fingerprint density at radius 2 is 1.30 bits per heavy atom. The standard InChI is InChI=1S/C21H24O6.C15H30O2/c1-24-18-7-5-13(11-20(18)26-3)8-15-12-27-21(23)16(15)9-14-4-6-17(22)19(10-14)25-2;1-2-3-4-5-6-7-8-9-10-11-12-13-14-15(16)17/h4-7,10-11,15-16,22H,8-9,12H2,1-3H3;2-14H2,1H3,(H,16,17)/p-1/t15-,16+;/m0./s1. The maximum atomic E-state index is 12.3. The van der Waals surface area contributed by atoms with E-state index >= 15 is 0 Å². The number of carbonyl (C=O) groups excluding carboxylic acids is 2. The van der Waals surface area contributed by atoms with E-state index in [2.05, 4.69) is 6.92 Å². The number of phenols is 1. The predicted molar refractivity (Wildman–Crippen MR) is 170 cm³/mol. The second-order valence-electron chi connectivity index (χ2n) is 11.6. The van der Waals surface area contributed by atoms with E-state index in [9.17, 15) is 19.8 Å². The van der Waals surface area contributed by atoms with E-state index in [1.165, 1.54) is 71.3 Å². The van der Waals surface area contributed by atoms with Crippen LogP contribution in [-0.4, -0.2) is 45.0 Å². The van der Waals surface area contributed by atoms with Gasteiger partial charge in [0.25, 0.3) is 0 Å². The Morgan fingerprint density at radius 3 is 1.86 bits per heavy atom. The number of phenolic OH excluding ortho intramolecular Hbond substituents is 1. The van der Waals surface area contributed by atoms with Crippen LogP contribution in [0.15, 0.2) is 36.4 Å². The van der Waals surface area contributed by atoms with Crippen molar-refractivity contribution in [2.45, 2.75) is 103 Å². The summed E-state index contributed by atoms with van der Waals surface area (Å²) >= 11 is 0. The van der Waals surface area contributed by atoms with Crippen LogP contribution < -0.4 is 19.3 Å². The molecule has 1 fully saturated rings. The molecule has 8 heteroatoms. The second-order valence-corrected chi connectivity index (χ2v) is 11.6. The summed E-state index contributed by atoms with van der Waals surface area (Å²) in [6.45, 7) is 2.65. The molecular formula is C36H53O8-. The van der Waals surface area contributed by atoms with E-state index in [1.54, 1.807) is 32.4 Å². The van der Waals surface area contributed by atoms with Gasteiger partial charge in [-0.2, -0.15) is 0 Å². The molecule has 0 unspecified atom stereocenters. The molecule has 44 heavy (non-hydrogen) atoms. The SMILES string of the molecule is CCCCCCCCCCCCCCC(=O)[O-].COc1cc(C[C@H]2C(=O)OC[C@@H]2Cc2ccc(OC)c(OC)c2)ccc1O. The number of esters is 1. The smallest absolute Gasteiger partial charge is 0.309 e. The molecule has 8 nitrogen and oxygen atoms in total. The first-order valence-corrected chi connectivity index (χ1v) is 16.3. The Balaban J connectivity index is 0.000000345. The Hall–Kier alpha value is -3.42. The highest BCUT2D eigenvalue weighted by Gasteiger charge is 2.37. The van der Waals surface area contributed by atoms with Crippen molar-refractivity contribution in [1.82, 2.24) is 0 Å². The largest absolute Gasteiger partial charge is 0.550 e. The lowest BCUT2D eigenvalue weighted by molar-refractivity contribution is -0.305. The highest BCUT2D eigenvalue weighted by atomic mass is 16.5. The van der Waals surface area contributed by atoms with Gasteiger partial charge in [-0.05, 0) is 61.1 Å². The minimum atomic E-state index is -0.905. The molecule has 0 amide bonds. The van der Waals surface area contributed by atoms with E-state index in [-0.39, 0.29) is 30.0 Å². The fourth-order valence-corrected chi connectivity index (χ4v) is 5.58. The third-order valence-electron chi connectivity index (χ3n) is 8.19. The number of carboxylic acids is 1. The van der Waals surface area contributed by atoms with Gasteiger partial charge < -0.3 is 34.0 Å². The van der Waals surface area contributed by atoms with E-state index in [0.29, 0.717) is 36.7 Å². The normalized spacial score (nSPS) is 15.7. The first-order valence-electron chi connectivity index (χ1n) is 16.3. The Labute approximate surface area is 264 Å². The first kappa shape index (κ1) is 36.8. The minimum Gasteiger partial charge on any atom is -0.550 e. The van der Waals surface area contributed by atoms with Crippen molar-refractivity contribution in [1.29, 1.82) is 0 Å². The number of cyclic esters (lactones) is 1. The number of rotatable bonds is 20. The average Bonchev–Trinajstić information content (AvgIpc) is 3.36. The molecule has 2 atom stereocenters. The third kappa shape index (κ3) is 13.5. The van der Waals surface area contributed by atoms with E-state index in [0.717, 1.165) is 24.0 Å². The molecule has 1 heterocycles.